The number of benzene rings is 2. The second-order valence-electron chi connectivity index (χ2n) is 8.28. The molecule has 174 valence electrons. The fourth-order valence-corrected chi connectivity index (χ4v) is 4.15. The van der Waals surface area contributed by atoms with Gasteiger partial charge in [0.05, 0.1) is 18.2 Å². The molecule has 6 nitrogen and oxygen atoms in total. The lowest BCUT2D eigenvalue weighted by atomic mass is 9.95. The number of Topliss-reactive ketones (excluding diaryl/α,β-unsaturated/α-hetero) is 1. The van der Waals surface area contributed by atoms with Crippen LogP contribution < -0.4 is 4.74 Å². The molecule has 1 fully saturated rings. The van der Waals surface area contributed by atoms with Gasteiger partial charge in [0.1, 0.15) is 11.5 Å². The number of ketones is 1. The first-order valence-electron chi connectivity index (χ1n) is 11.6. The molecule has 34 heavy (non-hydrogen) atoms. The zero-order chi connectivity index (χ0) is 23.9. The third-order valence-corrected chi connectivity index (χ3v) is 5.85. The summed E-state index contributed by atoms with van der Waals surface area (Å²) >= 11 is 0. The molecule has 1 unspecified atom stereocenters. The van der Waals surface area contributed by atoms with Gasteiger partial charge in [0, 0.05) is 24.5 Å². The fourth-order valence-electron chi connectivity index (χ4n) is 4.15. The predicted octanol–water partition coefficient (Wildman–Crippen LogP) is 5.27. The van der Waals surface area contributed by atoms with Crippen LogP contribution in [0.2, 0.25) is 0 Å². The topological polar surface area (TPSA) is 79.7 Å². The zero-order valence-corrected chi connectivity index (χ0v) is 19.2. The maximum atomic E-state index is 13.2. The maximum Gasteiger partial charge on any atom is 0.295 e. The minimum absolute atomic E-state index is 0.0724. The monoisotopic (exact) mass is 456 g/mol. The molecule has 1 aromatic heterocycles. The summed E-state index contributed by atoms with van der Waals surface area (Å²) in [7, 11) is 0. The Balaban J connectivity index is 1.76. The van der Waals surface area contributed by atoms with Crippen molar-refractivity contribution in [2.45, 2.75) is 38.8 Å². The van der Waals surface area contributed by atoms with Gasteiger partial charge in [0.15, 0.2) is 0 Å². The van der Waals surface area contributed by atoms with Crippen LogP contribution in [0.15, 0.2) is 84.7 Å². The van der Waals surface area contributed by atoms with Gasteiger partial charge < -0.3 is 14.7 Å². The van der Waals surface area contributed by atoms with Gasteiger partial charge in [-0.3, -0.25) is 14.6 Å². The SMILES string of the molecule is CCCCCOc1cccc(C2/C(=C(\O)c3ccccc3)C(=O)C(=O)N2Cc2cccnc2)c1. The molecule has 0 bridgehead atoms. The van der Waals surface area contributed by atoms with E-state index in [2.05, 4.69) is 11.9 Å². The van der Waals surface area contributed by atoms with Gasteiger partial charge in [0.25, 0.3) is 11.7 Å². The standard InChI is InChI=1S/C28H28N2O4/c1-2-3-7-16-34-23-14-8-13-22(17-23)25-24(26(31)21-11-5-4-6-12-21)27(32)28(33)30(25)19-20-10-9-15-29-18-20/h4-6,8-15,17-18,25,31H,2-3,7,16,19H2,1H3/b26-24+. The lowest BCUT2D eigenvalue weighted by molar-refractivity contribution is -0.140. The molecule has 0 aliphatic carbocycles. The molecule has 3 aromatic rings. The highest BCUT2D eigenvalue weighted by molar-refractivity contribution is 6.46. The highest BCUT2D eigenvalue weighted by Crippen LogP contribution is 2.41. The Morgan fingerprint density at radius 2 is 1.85 bits per heavy atom. The average Bonchev–Trinajstić information content (AvgIpc) is 3.12. The Morgan fingerprint density at radius 3 is 2.59 bits per heavy atom. The van der Waals surface area contributed by atoms with Crippen LogP contribution in [0.4, 0.5) is 0 Å². The van der Waals surface area contributed by atoms with Crippen molar-refractivity contribution >= 4 is 17.4 Å². The molecule has 1 amide bonds. The number of carbonyl (C=O) groups excluding carboxylic acids is 2. The number of rotatable bonds is 9. The van der Waals surface area contributed by atoms with Crippen molar-refractivity contribution in [2.75, 3.05) is 6.61 Å². The minimum Gasteiger partial charge on any atom is -0.507 e. The van der Waals surface area contributed by atoms with Gasteiger partial charge in [-0.2, -0.15) is 0 Å². The van der Waals surface area contributed by atoms with E-state index in [1.165, 1.54) is 4.90 Å². The normalized spacial score (nSPS) is 17.2. The van der Waals surface area contributed by atoms with Crippen LogP contribution in [0, 0.1) is 0 Å². The molecular weight excluding hydrogens is 428 g/mol. The number of hydrogen-bond acceptors (Lipinski definition) is 5. The molecule has 1 saturated heterocycles. The summed E-state index contributed by atoms with van der Waals surface area (Å²) in [6.45, 7) is 2.92. The first-order valence-corrected chi connectivity index (χ1v) is 11.6. The van der Waals surface area contributed by atoms with E-state index in [1.807, 2.05) is 36.4 Å². The molecule has 1 aliphatic heterocycles. The summed E-state index contributed by atoms with van der Waals surface area (Å²) in [5.41, 5.74) is 2.05. The van der Waals surface area contributed by atoms with E-state index >= 15 is 0 Å². The smallest absolute Gasteiger partial charge is 0.295 e. The van der Waals surface area contributed by atoms with Crippen LogP contribution in [-0.2, 0) is 16.1 Å². The van der Waals surface area contributed by atoms with E-state index in [9.17, 15) is 14.7 Å². The van der Waals surface area contributed by atoms with Gasteiger partial charge >= 0.3 is 0 Å². The van der Waals surface area contributed by atoms with Gasteiger partial charge in [-0.05, 0) is 35.7 Å². The lowest BCUT2D eigenvalue weighted by Gasteiger charge is -2.25. The average molecular weight is 457 g/mol. The Labute approximate surface area is 199 Å². The molecule has 1 N–H and O–H groups in total. The number of aromatic nitrogens is 1. The summed E-state index contributed by atoms with van der Waals surface area (Å²) in [6.07, 6.45) is 6.47. The molecule has 0 spiro atoms. The van der Waals surface area contributed by atoms with Gasteiger partial charge in [-0.25, -0.2) is 0 Å². The molecule has 1 atom stereocenters. The van der Waals surface area contributed by atoms with Crippen LogP contribution in [0.3, 0.4) is 0 Å². The number of hydrogen-bond donors (Lipinski definition) is 1. The van der Waals surface area contributed by atoms with Crippen LogP contribution in [0.1, 0.15) is 48.9 Å². The van der Waals surface area contributed by atoms with Gasteiger partial charge in [-0.15, -0.1) is 0 Å². The third-order valence-electron chi connectivity index (χ3n) is 5.85. The second kappa shape index (κ2) is 10.8. The highest BCUT2D eigenvalue weighted by Gasteiger charge is 2.46. The van der Waals surface area contributed by atoms with Crippen molar-refractivity contribution in [3.63, 3.8) is 0 Å². The van der Waals surface area contributed by atoms with Crippen LogP contribution in [0.5, 0.6) is 5.75 Å². The summed E-state index contributed by atoms with van der Waals surface area (Å²) in [4.78, 5) is 31.9. The van der Waals surface area contributed by atoms with Crippen molar-refractivity contribution in [1.29, 1.82) is 0 Å². The predicted molar refractivity (Wildman–Crippen MR) is 130 cm³/mol. The third kappa shape index (κ3) is 5.01. The Kier molecular flexibility index (Phi) is 7.38. The summed E-state index contributed by atoms with van der Waals surface area (Å²) in [5.74, 6) is -0.878. The second-order valence-corrected chi connectivity index (χ2v) is 8.28. The van der Waals surface area contributed by atoms with E-state index in [0.717, 1.165) is 24.8 Å². The molecule has 4 rings (SSSR count). The van der Waals surface area contributed by atoms with E-state index in [-0.39, 0.29) is 17.9 Å². The summed E-state index contributed by atoms with van der Waals surface area (Å²) in [6, 6.07) is 19.1. The molecule has 2 aromatic carbocycles. The zero-order valence-electron chi connectivity index (χ0n) is 19.2. The van der Waals surface area contributed by atoms with E-state index in [4.69, 9.17) is 4.74 Å². The molecule has 0 saturated carbocycles. The summed E-state index contributed by atoms with van der Waals surface area (Å²) in [5, 5.41) is 11.1. The van der Waals surface area contributed by atoms with E-state index in [0.29, 0.717) is 23.5 Å². The number of pyridine rings is 1. The van der Waals surface area contributed by atoms with Crippen LogP contribution in [-0.4, -0.2) is 33.3 Å². The Hall–Kier alpha value is -3.93. The van der Waals surface area contributed by atoms with Gasteiger partial charge in [0.2, 0.25) is 0 Å². The first-order chi connectivity index (χ1) is 16.6. The molecule has 0 radical (unpaired) electrons. The lowest BCUT2D eigenvalue weighted by Crippen LogP contribution is -2.29. The highest BCUT2D eigenvalue weighted by atomic mass is 16.5. The van der Waals surface area contributed by atoms with Crippen molar-refractivity contribution in [3.8, 4) is 5.75 Å². The van der Waals surface area contributed by atoms with Crippen molar-refractivity contribution < 1.29 is 19.4 Å². The molecule has 6 heteroatoms. The first kappa shape index (κ1) is 23.2. The van der Waals surface area contributed by atoms with Crippen LogP contribution in [0.25, 0.3) is 5.76 Å². The van der Waals surface area contributed by atoms with E-state index in [1.54, 1.807) is 42.7 Å². The number of unbranched alkanes of at least 4 members (excludes halogenated alkanes) is 2. The number of likely N-dealkylation sites (tertiary alicyclic amines) is 1. The quantitative estimate of drug-likeness (QED) is 0.205. The molecule has 1 aliphatic rings. The van der Waals surface area contributed by atoms with Crippen molar-refractivity contribution in [3.05, 3.63) is 101 Å². The Bertz CT molecular complexity index is 1180. The number of ether oxygens (including phenoxy) is 1. The number of amides is 1. The number of aliphatic hydroxyl groups excluding tert-OH is 1. The number of aliphatic hydroxyl groups is 1. The van der Waals surface area contributed by atoms with Crippen molar-refractivity contribution in [2.24, 2.45) is 0 Å². The van der Waals surface area contributed by atoms with Crippen LogP contribution >= 0.6 is 0 Å². The number of carbonyl (C=O) groups is 2. The van der Waals surface area contributed by atoms with Crippen molar-refractivity contribution in [1.82, 2.24) is 9.88 Å². The summed E-state index contributed by atoms with van der Waals surface area (Å²) < 4.78 is 5.92. The minimum atomic E-state index is -0.750. The molecular formula is C28H28N2O4. The maximum absolute atomic E-state index is 13.2. The molecule has 2 heterocycles. The number of nitrogens with zero attached hydrogens (tertiary/aromatic N) is 2. The van der Waals surface area contributed by atoms with Gasteiger partial charge in [-0.1, -0.05) is 68.3 Å². The van der Waals surface area contributed by atoms with E-state index < -0.39 is 17.7 Å². The largest absolute Gasteiger partial charge is 0.507 e. The fraction of sp³-hybridized carbons (Fsp3) is 0.250. The Morgan fingerprint density at radius 1 is 1.03 bits per heavy atom.